The molecule has 2 aromatic rings. The number of likely N-dealkylation sites (tertiary alicyclic amines) is 1. The van der Waals surface area contributed by atoms with Crippen LogP contribution in [0.3, 0.4) is 0 Å². The number of ether oxygens (including phenoxy) is 1. The normalized spacial score (nSPS) is 15.1. The van der Waals surface area contributed by atoms with E-state index in [0.29, 0.717) is 6.42 Å². The molecule has 0 saturated carbocycles. The first kappa shape index (κ1) is 20.9. The molecule has 2 amide bonds. The molecule has 29 heavy (non-hydrogen) atoms. The van der Waals surface area contributed by atoms with Crippen LogP contribution in [0, 0.1) is 0 Å². The van der Waals surface area contributed by atoms with Crippen LogP contribution in [0.4, 0.5) is 4.79 Å². The Labute approximate surface area is 173 Å². The van der Waals surface area contributed by atoms with Gasteiger partial charge in [-0.1, -0.05) is 54.6 Å². The van der Waals surface area contributed by atoms with E-state index >= 15 is 0 Å². The van der Waals surface area contributed by atoms with Crippen molar-refractivity contribution in [2.75, 3.05) is 13.1 Å². The zero-order valence-electron chi connectivity index (χ0n) is 17.5. The second kappa shape index (κ2) is 9.12. The van der Waals surface area contributed by atoms with Gasteiger partial charge in [-0.15, -0.1) is 0 Å². The number of nitrogens with one attached hydrogen (secondary N) is 1. The third kappa shape index (κ3) is 6.08. The fraction of sp³-hybridized carbons (Fsp3) is 0.417. The Kier molecular flexibility index (Phi) is 6.57. The minimum absolute atomic E-state index is 0.0412. The van der Waals surface area contributed by atoms with Gasteiger partial charge in [-0.3, -0.25) is 4.79 Å². The Balaban J connectivity index is 1.73. The van der Waals surface area contributed by atoms with Gasteiger partial charge in [0.25, 0.3) is 0 Å². The van der Waals surface area contributed by atoms with Crippen molar-refractivity contribution in [3.8, 4) is 11.1 Å². The van der Waals surface area contributed by atoms with E-state index < -0.39 is 17.7 Å². The van der Waals surface area contributed by atoms with Gasteiger partial charge in [-0.25, -0.2) is 4.79 Å². The Morgan fingerprint density at radius 3 is 2.14 bits per heavy atom. The smallest absolute Gasteiger partial charge is 0.408 e. The summed E-state index contributed by atoms with van der Waals surface area (Å²) >= 11 is 0. The molecule has 1 aliphatic heterocycles. The van der Waals surface area contributed by atoms with Crippen molar-refractivity contribution in [3.05, 3.63) is 60.2 Å². The van der Waals surface area contributed by atoms with E-state index in [4.69, 9.17) is 4.74 Å². The second-order valence-electron chi connectivity index (χ2n) is 8.50. The van der Waals surface area contributed by atoms with Gasteiger partial charge in [0.05, 0.1) is 0 Å². The van der Waals surface area contributed by atoms with Crippen molar-refractivity contribution in [1.82, 2.24) is 10.2 Å². The first-order chi connectivity index (χ1) is 13.8. The van der Waals surface area contributed by atoms with Crippen LogP contribution in [0.2, 0.25) is 0 Å². The number of carbonyl (C=O) groups excluding carboxylic acids is 2. The molecule has 1 aliphatic rings. The number of amides is 2. The molecule has 1 atom stereocenters. The standard InChI is InChI=1S/C24H30N2O3/c1-24(2,3)29-23(28)25-21(22(27)26-15-7-8-16-26)17-18-11-13-20(14-12-18)19-9-5-4-6-10-19/h4-6,9-14,21H,7-8,15-17H2,1-3H3,(H,25,28)/t21-/m0/s1. The molecule has 5 heteroatoms. The lowest BCUT2D eigenvalue weighted by molar-refractivity contribution is -0.132. The molecule has 154 valence electrons. The molecule has 1 heterocycles. The highest BCUT2D eigenvalue weighted by atomic mass is 16.6. The molecule has 5 nitrogen and oxygen atoms in total. The van der Waals surface area contributed by atoms with E-state index in [2.05, 4.69) is 29.6 Å². The number of hydrogen-bond donors (Lipinski definition) is 1. The maximum Gasteiger partial charge on any atom is 0.408 e. The lowest BCUT2D eigenvalue weighted by atomic mass is 10.00. The Hall–Kier alpha value is -2.82. The maximum atomic E-state index is 13.0. The minimum Gasteiger partial charge on any atom is -0.444 e. The van der Waals surface area contributed by atoms with E-state index in [1.165, 1.54) is 0 Å². The van der Waals surface area contributed by atoms with Gasteiger partial charge < -0.3 is 15.0 Å². The van der Waals surface area contributed by atoms with Gasteiger partial charge in [-0.05, 0) is 50.3 Å². The van der Waals surface area contributed by atoms with Gasteiger partial charge in [0.1, 0.15) is 11.6 Å². The number of benzene rings is 2. The van der Waals surface area contributed by atoms with E-state index in [9.17, 15) is 9.59 Å². The molecular weight excluding hydrogens is 364 g/mol. The number of hydrogen-bond acceptors (Lipinski definition) is 3. The zero-order chi connectivity index (χ0) is 20.9. The van der Waals surface area contributed by atoms with Crippen LogP contribution in [0.25, 0.3) is 11.1 Å². The maximum absolute atomic E-state index is 13.0. The summed E-state index contributed by atoms with van der Waals surface area (Å²) in [6.45, 7) is 6.93. The highest BCUT2D eigenvalue weighted by molar-refractivity contribution is 5.86. The first-order valence-electron chi connectivity index (χ1n) is 10.2. The van der Waals surface area contributed by atoms with Crippen LogP contribution < -0.4 is 5.32 Å². The summed E-state index contributed by atoms with van der Waals surface area (Å²) in [7, 11) is 0. The summed E-state index contributed by atoms with van der Waals surface area (Å²) in [5.41, 5.74) is 2.66. The molecule has 2 aromatic carbocycles. The van der Waals surface area contributed by atoms with Crippen molar-refractivity contribution in [1.29, 1.82) is 0 Å². The van der Waals surface area contributed by atoms with Gasteiger partial charge >= 0.3 is 6.09 Å². The highest BCUT2D eigenvalue weighted by Gasteiger charge is 2.29. The summed E-state index contributed by atoms with van der Waals surface area (Å²) in [5, 5.41) is 2.79. The van der Waals surface area contributed by atoms with Gasteiger partial charge in [0, 0.05) is 19.5 Å². The molecule has 0 spiro atoms. The molecule has 1 fully saturated rings. The molecule has 0 bridgehead atoms. The van der Waals surface area contributed by atoms with Crippen molar-refractivity contribution >= 4 is 12.0 Å². The molecule has 3 rings (SSSR count). The van der Waals surface area contributed by atoms with E-state index in [1.54, 1.807) is 0 Å². The number of nitrogens with zero attached hydrogens (tertiary/aromatic N) is 1. The van der Waals surface area contributed by atoms with E-state index in [1.807, 2.05) is 56.0 Å². The fourth-order valence-corrected chi connectivity index (χ4v) is 3.51. The lowest BCUT2D eigenvalue weighted by Gasteiger charge is -2.26. The molecule has 0 aromatic heterocycles. The van der Waals surface area contributed by atoms with Gasteiger partial charge in [-0.2, -0.15) is 0 Å². The average molecular weight is 395 g/mol. The third-order valence-corrected chi connectivity index (χ3v) is 4.91. The van der Waals surface area contributed by atoms with Crippen LogP contribution in [0.1, 0.15) is 39.2 Å². The Bertz CT molecular complexity index is 819. The average Bonchev–Trinajstić information content (AvgIpc) is 3.21. The quantitative estimate of drug-likeness (QED) is 0.817. The summed E-state index contributed by atoms with van der Waals surface area (Å²) in [6, 6.07) is 17.7. The predicted octanol–water partition coefficient (Wildman–Crippen LogP) is 4.41. The third-order valence-electron chi connectivity index (χ3n) is 4.91. The summed E-state index contributed by atoms with van der Waals surface area (Å²) in [5.74, 6) is -0.0412. The second-order valence-corrected chi connectivity index (χ2v) is 8.50. The van der Waals surface area contributed by atoms with Crippen molar-refractivity contribution in [2.45, 2.75) is 51.7 Å². The summed E-state index contributed by atoms with van der Waals surface area (Å²) in [6.07, 6.45) is 1.90. The van der Waals surface area contributed by atoms with Crippen molar-refractivity contribution in [3.63, 3.8) is 0 Å². The zero-order valence-corrected chi connectivity index (χ0v) is 17.5. The van der Waals surface area contributed by atoms with Crippen LogP contribution in [0.5, 0.6) is 0 Å². The van der Waals surface area contributed by atoms with E-state index in [0.717, 1.165) is 42.6 Å². The van der Waals surface area contributed by atoms with Crippen molar-refractivity contribution in [2.24, 2.45) is 0 Å². The van der Waals surface area contributed by atoms with Crippen LogP contribution in [-0.4, -0.2) is 41.6 Å². The van der Waals surface area contributed by atoms with Crippen LogP contribution >= 0.6 is 0 Å². The monoisotopic (exact) mass is 394 g/mol. The van der Waals surface area contributed by atoms with Crippen LogP contribution in [0.15, 0.2) is 54.6 Å². The highest BCUT2D eigenvalue weighted by Crippen LogP contribution is 2.20. The lowest BCUT2D eigenvalue weighted by Crippen LogP contribution is -2.50. The fourth-order valence-electron chi connectivity index (χ4n) is 3.51. The summed E-state index contributed by atoms with van der Waals surface area (Å²) in [4.78, 5) is 27.1. The first-order valence-corrected chi connectivity index (χ1v) is 10.2. The minimum atomic E-state index is -0.634. The molecule has 1 saturated heterocycles. The number of carbonyl (C=O) groups is 2. The number of alkyl carbamates (subject to hydrolysis) is 1. The van der Waals surface area contributed by atoms with Gasteiger partial charge in [0.2, 0.25) is 5.91 Å². The predicted molar refractivity (Wildman–Crippen MR) is 115 cm³/mol. The Morgan fingerprint density at radius 2 is 1.55 bits per heavy atom. The van der Waals surface area contributed by atoms with Gasteiger partial charge in [0.15, 0.2) is 0 Å². The SMILES string of the molecule is CC(C)(C)OC(=O)N[C@@H](Cc1ccc(-c2ccccc2)cc1)C(=O)N1CCCC1. The molecule has 0 radical (unpaired) electrons. The topological polar surface area (TPSA) is 58.6 Å². The molecule has 0 unspecified atom stereocenters. The van der Waals surface area contributed by atoms with Crippen LogP contribution in [-0.2, 0) is 16.0 Å². The largest absolute Gasteiger partial charge is 0.444 e. The molecule has 1 N–H and O–H groups in total. The molecular formula is C24H30N2O3. The Morgan fingerprint density at radius 1 is 0.966 bits per heavy atom. The number of rotatable bonds is 5. The molecule has 0 aliphatic carbocycles. The van der Waals surface area contributed by atoms with E-state index in [-0.39, 0.29) is 5.91 Å². The summed E-state index contributed by atoms with van der Waals surface area (Å²) < 4.78 is 5.37. The van der Waals surface area contributed by atoms with Crippen molar-refractivity contribution < 1.29 is 14.3 Å².